The number of nitrogens with two attached hydrogens (primary N) is 2. The summed E-state index contributed by atoms with van der Waals surface area (Å²) in [7, 11) is 0. The normalized spacial score (nSPS) is 23.8. The predicted octanol–water partition coefficient (Wildman–Crippen LogP) is 0.956. The summed E-state index contributed by atoms with van der Waals surface area (Å²) in [6.07, 6.45) is 4.78. The molecule has 1 aliphatic carbocycles. The average molecular weight is 238 g/mol. The van der Waals surface area contributed by atoms with Crippen LogP contribution >= 0.6 is 12.2 Å². The molecule has 2 rings (SSSR count). The second kappa shape index (κ2) is 4.23. The summed E-state index contributed by atoms with van der Waals surface area (Å²) in [5.74, 6) is 1.11. The van der Waals surface area contributed by atoms with Crippen molar-refractivity contribution in [2.45, 2.75) is 12.3 Å². The highest BCUT2D eigenvalue weighted by Crippen LogP contribution is 2.36. The Morgan fingerprint density at radius 2 is 2.25 bits per heavy atom. The van der Waals surface area contributed by atoms with E-state index in [9.17, 15) is 0 Å². The Morgan fingerprint density at radius 3 is 2.81 bits per heavy atom. The third-order valence-corrected chi connectivity index (χ3v) is 3.00. The molecule has 5 nitrogen and oxygen atoms in total. The summed E-state index contributed by atoms with van der Waals surface area (Å²) in [5, 5.41) is 9.06. The van der Waals surface area contributed by atoms with Crippen molar-refractivity contribution in [3.63, 3.8) is 0 Å². The highest BCUT2D eigenvalue weighted by atomic mass is 32.1. The van der Waals surface area contributed by atoms with Gasteiger partial charge in [-0.2, -0.15) is 0 Å². The number of aliphatic hydroxyl groups excluding tert-OH is 1. The van der Waals surface area contributed by atoms with Gasteiger partial charge >= 0.3 is 0 Å². The maximum absolute atomic E-state index is 9.06. The van der Waals surface area contributed by atoms with Crippen LogP contribution in [-0.4, -0.2) is 21.7 Å². The Labute approximate surface area is 98.2 Å². The van der Waals surface area contributed by atoms with Gasteiger partial charge < -0.3 is 21.6 Å². The maximum atomic E-state index is 9.06. The minimum atomic E-state index is 0.108. The number of allylic oxidation sites excluding steroid dienone is 1. The molecule has 86 valence electrons. The van der Waals surface area contributed by atoms with Gasteiger partial charge in [-0.1, -0.05) is 12.2 Å². The van der Waals surface area contributed by atoms with Crippen molar-refractivity contribution in [1.29, 1.82) is 0 Å². The Kier molecular flexibility index (Phi) is 2.93. The summed E-state index contributed by atoms with van der Waals surface area (Å²) in [6, 6.07) is 0. The van der Waals surface area contributed by atoms with E-state index in [2.05, 4.69) is 9.97 Å². The van der Waals surface area contributed by atoms with Gasteiger partial charge in [-0.15, -0.1) is 0 Å². The standard InChI is InChI=1S/C10H14N4OS/c11-8-7(9(12)14-10(16)13-8)6-2-1-5(3-6)4-15/h1-2,5-6,15H,3-4H2,(H5,11,12,13,14,16)/t5-,6+/m0/s1. The molecule has 0 saturated heterocycles. The van der Waals surface area contributed by atoms with Crippen molar-refractivity contribution in [1.82, 2.24) is 9.97 Å². The molecule has 0 fully saturated rings. The first-order valence-electron chi connectivity index (χ1n) is 5.06. The monoisotopic (exact) mass is 238 g/mol. The van der Waals surface area contributed by atoms with E-state index in [-0.39, 0.29) is 18.4 Å². The molecule has 2 atom stereocenters. The minimum Gasteiger partial charge on any atom is -0.396 e. The molecule has 6 heteroatoms. The first-order chi connectivity index (χ1) is 7.61. The molecule has 0 radical (unpaired) electrons. The number of nitrogens with zero attached hydrogens (tertiary/aromatic N) is 1. The van der Waals surface area contributed by atoms with Crippen LogP contribution in [0.3, 0.4) is 0 Å². The number of rotatable bonds is 2. The molecule has 0 bridgehead atoms. The zero-order valence-electron chi connectivity index (χ0n) is 8.68. The highest BCUT2D eigenvalue weighted by molar-refractivity contribution is 7.71. The summed E-state index contributed by atoms with van der Waals surface area (Å²) in [5.41, 5.74) is 12.4. The minimum absolute atomic E-state index is 0.108. The Bertz CT molecular complexity index is 456. The number of aromatic nitrogens is 2. The van der Waals surface area contributed by atoms with Crippen molar-refractivity contribution in [2.24, 2.45) is 5.92 Å². The number of anilines is 2. The SMILES string of the molecule is Nc1nc(=S)[nH]c(N)c1[C@@H]1C=C[C@H](CO)C1. The van der Waals surface area contributed by atoms with Crippen LogP contribution in [0.2, 0.25) is 0 Å². The van der Waals surface area contributed by atoms with Gasteiger partial charge in [0, 0.05) is 24.0 Å². The average Bonchev–Trinajstić information content (AvgIpc) is 2.64. The third kappa shape index (κ3) is 1.94. The first-order valence-corrected chi connectivity index (χ1v) is 5.47. The van der Waals surface area contributed by atoms with Gasteiger partial charge in [-0.25, -0.2) is 4.98 Å². The van der Waals surface area contributed by atoms with Gasteiger partial charge in [-0.05, 0) is 18.6 Å². The zero-order valence-corrected chi connectivity index (χ0v) is 9.50. The molecule has 1 heterocycles. The van der Waals surface area contributed by atoms with E-state index in [4.69, 9.17) is 28.8 Å². The summed E-state index contributed by atoms with van der Waals surface area (Å²) < 4.78 is 0.291. The summed E-state index contributed by atoms with van der Waals surface area (Å²) in [6.45, 7) is 0.142. The molecule has 0 saturated carbocycles. The van der Waals surface area contributed by atoms with Crippen molar-refractivity contribution >= 4 is 23.9 Å². The lowest BCUT2D eigenvalue weighted by molar-refractivity contribution is 0.249. The van der Waals surface area contributed by atoms with Crippen LogP contribution in [0.15, 0.2) is 12.2 Å². The maximum Gasteiger partial charge on any atom is 0.200 e. The van der Waals surface area contributed by atoms with Crippen LogP contribution in [0.5, 0.6) is 0 Å². The number of H-pyrrole nitrogens is 1. The van der Waals surface area contributed by atoms with Gasteiger partial charge in [0.25, 0.3) is 0 Å². The van der Waals surface area contributed by atoms with Gasteiger partial charge in [0.1, 0.15) is 11.6 Å². The molecular formula is C10H14N4OS. The molecule has 1 aromatic rings. The fourth-order valence-electron chi connectivity index (χ4n) is 2.03. The van der Waals surface area contributed by atoms with E-state index < -0.39 is 0 Å². The Balaban J connectivity index is 2.36. The van der Waals surface area contributed by atoms with Crippen LogP contribution in [0, 0.1) is 10.7 Å². The number of aromatic amines is 1. The van der Waals surface area contributed by atoms with E-state index >= 15 is 0 Å². The molecular weight excluding hydrogens is 224 g/mol. The first kappa shape index (κ1) is 11.1. The molecule has 0 spiro atoms. The van der Waals surface area contributed by atoms with Crippen molar-refractivity contribution < 1.29 is 5.11 Å². The lowest BCUT2D eigenvalue weighted by Crippen LogP contribution is -2.10. The van der Waals surface area contributed by atoms with Gasteiger partial charge in [0.05, 0.1) is 0 Å². The van der Waals surface area contributed by atoms with E-state index in [1.165, 1.54) is 0 Å². The molecule has 1 aromatic heterocycles. The quantitative estimate of drug-likeness (QED) is 0.454. The van der Waals surface area contributed by atoms with Crippen LogP contribution < -0.4 is 11.5 Å². The van der Waals surface area contributed by atoms with Crippen molar-refractivity contribution in [3.05, 3.63) is 22.5 Å². The number of aliphatic hydroxyl groups is 1. The molecule has 0 unspecified atom stereocenters. The van der Waals surface area contributed by atoms with Crippen molar-refractivity contribution in [2.75, 3.05) is 18.1 Å². The van der Waals surface area contributed by atoms with E-state index in [0.717, 1.165) is 12.0 Å². The smallest absolute Gasteiger partial charge is 0.200 e. The van der Waals surface area contributed by atoms with E-state index in [1.54, 1.807) is 0 Å². The van der Waals surface area contributed by atoms with Crippen LogP contribution in [-0.2, 0) is 0 Å². The largest absolute Gasteiger partial charge is 0.396 e. The van der Waals surface area contributed by atoms with Gasteiger partial charge in [-0.3, -0.25) is 0 Å². The molecule has 0 aromatic carbocycles. The summed E-state index contributed by atoms with van der Waals surface area (Å²) in [4.78, 5) is 6.78. The lowest BCUT2D eigenvalue weighted by atomic mass is 9.96. The van der Waals surface area contributed by atoms with E-state index in [0.29, 0.717) is 16.4 Å². The number of hydrogen-bond acceptors (Lipinski definition) is 5. The van der Waals surface area contributed by atoms with Crippen LogP contribution in [0.4, 0.5) is 11.6 Å². The van der Waals surface area contributed by atoms with Crippen LogP contribution in [0.25, 0.3) is 0 Å². The second-order valence-corrected chi connectivity index (χ2v) is 4.31. The van der Waals surface area contributed by atoms with Crippen molar-refractivity contribution in [3.8, 4) is 0 Å². The zero-order chi connectivity index (χ0) is 11.7. The molecule has 0 aliphatic heterocycles. The van der Waals surface area contributed by atoms with Gasteiger partial charge in [0.15, 0.2) is 4.77 Å². The molecule has 0 amide bonds. The highest BCUT2D eigenvalue weighted by Gasteiger charge is 2.24. The predicted molar refractivity (Wildman–Crippen MR) is 65.3 cm³/mol. The molecule has 1 aliphatic rings. The molecule has 6 N–H and O–H groups in total. The number of hydrogen-bond donors (Lipinski definition) is 4. The lowest BCUT2D eigenvalue weighted by Gasteiger charge is -2.14. The third-order valence-electron chi connectivity index (χ3n) is 2.81. The topological polar surface area (TPSA) is 101 Å². The Morgan fingerprint density at radius 1 is 1.50 bits per heavy atom. The number of nitrogen functional groups attached to an aromatic ring is 2. The number of nitrogens with one attached hydrogen (secondary N) is 1. The summed E-state index contributed by atoms with van der Waals surface area (Å²) >= 11 is 4.88. The molecule has 16 heavy (non-hydrogen) atoms. The van der Waals surface area contributed by atoms with Gasteiger partial charge in [0.2, 0.25) is 0 Å². The van der Waals surface area contributed by atoms with E-state index in [1.807, 2.05) is 12.2 Å². The fourth-order valence-corrected chi connectivity index (χ4v) is 2.24. The van der Waals surface area contributed by atoms with Crippen LogP contribution in [0.1, 0.15) is 17.9 Å². The second-order valence-electron chi connectivity index (χ2n) is 3.92. The Hall–Kier alpha value is -1.40. The fraction of sp³-hybridized carbons (Fsp3) is 0.400.